The fourth-order valence-electron chi connectivity index (χ4n) is 2.89. The quantitative estimate of drug-likeness (QED) is 0.746. The van der Waals surface area contributed by atoms with E-state index < -0.39 is 0 Å². The van der Waals surface area contributed by atoms with Crippen molar-refractivity contribution < 1.29 is 4.74 Å². The Hall–Kier alpha value is -1.28. The fraction of sp³-hybridized carbons (Fsp3) is 0.529. The van der Waals surface area contributed by atoms with Gasteiger partial charge in [-0.3, -0.25) is 9.47 Å². The maximum absolute atomic E-state index is 11.7. The topological polar surface area (TPSA) is 63.1 Å². The molecule has 2 aromatic rings. The molecule has 1 saturated heterocycles. The van der Waals surface area contributed by atoms with Gasteiger partial charge >= 0.3 is 5.69 Å². The molecule has 6 nitrogen and oxygen atoms in total. The van der Waals surface area contributed by atoms with Crippen LogP contribution in [-0.4, -0.2) is 51.2 Å². The van der Waals surface area contributed by atoms with Gasteiger partial charge in [0.05, 0.1) is 12.7 Å². The third-order valence-corrected chi connectivity index (χ3v) is 5.62. The van der Waals surface area contributed by atoms with Gasteiger partial charge in [-0.1, -0.05) is 48.5 Å². The highest BCUT2D eigenvalue weighted by molar-refractivity contribution is 7.99. The first-order chi connectivity index (χ1) is 12.2. The predicted octanol–water partition coefficient (Wildman–Crippen LogP) is 2.63. The Kier molecular flexibility index (Phi) is 6.58. The number of nitrogens with zero attached hydrogens (tertiary/aromatic N) is 3. The minimum atomic E-state index is -0.144. The van der Waals surface area contributed by atoms with E-state index in [1.807, 2.05) is 25.1 Å². The molecule has 1 aliphatic heterocycles. The van der Waals surface area contributed by atoms with E-state index in [1.165, 1.54) is 0 Å². The summed E-state index contributed by atoms with van der Waals surface area (Å²) in [5.41, 5.74) is 0.996. The smallest absolute Gasteiger partial charge is 0.343 e. The van der Waals surface area contributed by atoms with Crippen LogP contribution in [0, 0.1) is 0 Å². The van der Waals surface area contributed by atoms with E-state index in [-0.39, 0.29) is 11.8 Å². The van der Waals surface area contributed by atoms with Gasteiger partial charge in [-0.25, -0.2) is 9.89 Å². The van der Waals surface area contributed by atoms with E-state index in [0.717, 1.165) is 47.6 Å². The van der Waals surface area contributed by atoms with Gasteiger partial charge in [0, 0.05) is 37.0 Å². The molecule has 25 heavy (non-hydrogen) atoms. The average molecular weight is 383 g/mol. The summed E-state index contributed by atoms with van der Waals surface area (Å²) in [4.78, 5) is 14.1. The Bertz CT molecular complexity index is 748. The van der Waals surface area contributed by atoms with Crippen LogP contribution >= 0.6 is 23.4 Å². The van der Waals surface area contributed by atoms with Crippen LogP contribution in [0.15, 0.2) is 34.2 Å². The molecular weight excluding hydrogens is 360 g/mol. The Morgan fingerprint density at radius 1 is 1.44 bits per heavy atom. The zero-order chi connectivity index (χ0) is 17.6. The maximum atomic E-state index is 11.7. The first-order valence-electron chi connectivity index (χ1n) is 8.52. The monoisotopic (exact) mass is 382 g/mol. The van der Waals surface area contributed by atoms with E-state index in [0.29, 0.717) is 13.2 Å². The molecule has 0 radical (unpaired) electrons. The van der Waals surface area contributed by atoms with Gasteiger partial charge in [-0.15, -0.1) is 5.10 Å². The third kappa shape index (κ3) is 4.88. The zero-order valence-electron chi connectivity index (χ0n) is 14.3. The molecule has 0 spiro atoms. The molecule has 0 bridgehead atoms. The number of aromatic nitrogens is 3. The molecule has 2 heterocycles. The minimum absolute atomic E-state index is 0.114. The van der Waals surface area contributed by atoms with Crippen molar-refractivity contribution in [2.75, 3.05) is 25.4 Å². The van der Waals surface area contributed by atoms with Gasteiger partial charge in [-0.2, -0.15) is 0 Å². The number of aromatic amines is 1. The van der Waals surface area contributed by atoms with E-state index >= 15 is 0 Å². The van der Waals surface area contributed by atoms with Crippen molar-refractivity contribution in [2.45, 2.75) is 37.7 Å². The van der Waals surface area contributed by atoms with Crippen LogP contribution in [0.25, 0.3) is 0 Å². The molecule has 1 aromatic heterocycles. The molecule has 3 rings (SSSR count). The van der Waals surface area contributed by atoms with E-state index in [4.69, 9.17) is 16.3 Å². The second-order valence-electron chi connectivity index (χ2n) is 6.09. The van der Waals surface area contributed by atoms with Crippen LogP contribution in [0.2, 0.25) is 5.02 Å². The number of morpholine rings is 1. The highest BCUT2D eigenvalue weighted by Gasteiger charge is 2.22. The Labute approximate surface area is 156 Å². The number of rotatable bonds is 7. The summed E-state index contributed by atoms with van der Waals surface area (Å²) in [6, 6.07) is 7.95. The molecule has 0 saturated carbocycles. The lowest BCUT2D eigenvalue weighted by Crippen LogP contribution is -2.43. The van der Waals surface area contributed by atoms with Crippen molar-refractivity contribution >= 4 is 23.4 Å². The van der Waals surface area contributed by atoms with Crippen molar-refractivity contribution in [3.63, 3.8) is 0 Å². The first kappa shape index (κ1) is 18.5. The van der Waals surface area contributed by atoms with Crippen molar-refractivity contribution in [3.8, 4) is 0 Å². The van der Waals surface area contributed by atoms with Crippen molar-refractivity contribution in [2.24, 2.45) is 0 Å². The van der Waals surface area contributed by atoms with Gasteiger partial charge in [0.15, 0.2) is 5.16 Å². The standard InChI is InChI=1S/C17H23ClN4O2S/c1-2-7-22-16(23)19-20-17(22)25-12-14-11-21(8-9-24-14)10-13-5-3-4-6-15(13)18/h3-6,14H,2,7-12H2,1H3,(H,19,23)/t14-/m0/s1. The largest absolute Gasteiger partial charge is 0.375 e. The molecule has 0 unspecified atom stereocenters. The number of thioether (sulfide) groups is 1. The third-order valence-electron chi connectivity index (χ3n) is 4.14. The van der Waals surface area contributed by atoms with Crippen LogP contribution in [0.3, 0.4) is 0 Å². The molecular formula is C17H23ClN4O2S. The van der Waals surface area contributed by atoms with Gasteiger partial charge in [0.1, 0.15) is 0 Å². The van der Waals surface area contributed by atoms with Crippen LogP contribution in [0.4, 0.5) is 0 Å². The summed E-state index contributed by atoms with van der Waals surface area (Å²) in [6.45, 7) is 6.01. The van der Waals surface area contributed by atoms with Crippen LogP contribution in [-0.2, 0) is 17.8 Å². The molecule has 0 amide bonds. The van der Waals surface area contributed by atoms with E-state index in [1.54, 1.807) is 16.3 Å². The van der Waals surface area contributed by atoms with Crippen molar-refractivity contribution in [1.29, 1.82) is 0 Å². The average Bonchev–Trinajstić information content (AvgIpc) is 2.96. The number of hydrogen-bond acceptors (Lipinski definition) is 5. The summed E-state index contributed by atoms with van der Waals surface area (Å²) >= 11 is 7.83. The molecule has 136 valence electrons. The van der Waals surface area contributed by atoms with E-state index in [9.17, 15) is 4.79 Å². The Morgan fingerprint density at radius 3 is 3.08 bits per heavy atom. The summed E-state index contributed by atoms with van der Waals surface area (Å²) in [7, 11) is 0. The fourth-order valence-corrected chi connectivity index (χ4v) is 4.07. The van der Waals surface area contributed by atoms with Gasteiger partial charge in [0.2, 0.25) is 0 Å². The Morgan fingerprint density at radius 2 is 2.28 bits per heavy atom. The number of benzene rings is 1. The molecule has 1 aromatic carbocycles. The summed E-state index contributed by atoms with van der Waals surface area (Å²) < 4.78 is 7.57. The van der Waals surface area contributed by atoms with Crippen molar-refractivity contribution in [3.05, 3.63) is 45.3 Å². The molecule has 0 aliphatic carbocycles. The molecule has 1 fully saturated rings. The number of hydrogen-bond donors (Lipinski definition) is 1. The summed E-state index contributed by atoms with van der Waals surface area (Å²) in [5, 5.41) is 8.19. The van der Waals surface area contributed by atoms with Gasteiger partial charge < -0.3 is 4.74 Å². The second kappa shape index (κ2) is 8.89. The number of nitrogens with one attached hydrogen (secondary N) is 1. The van der Waals surface area contributed by atoms with Crippen LogP contribution < -0.4 is 5.69 Å². The molecule has 1 N–H and O–H groups in total. The SMILES string of the molecule is CCCn1c(SC[C@@H]2CN(Cc3ccccc3Cl)CCO2)n[nH]c1=O. The van der Waals surface area contributed by atoms with Crippen LogP contribution in [0.5, 0.6) is 0 Å². The van der Waals surface area contributed by atoms with E-state index in [2.05, 4.69) is 21.2 Å². The molecule has 1 aliphatic rings. The van der Waals surface area contributed by atoms with Crippen molar-refractivity contribution in [1.82, 2.24) is 19.7 Å². The summed E-state index contributed by atoms with van der Waals surface area (Å²) in [5.74, 6) is 0.771. The summed E-state index contributed by atoms with van der Waals surface area (Å²) in [6.07, 6.45) is 1.02. The number of halogens is 1. The lowest BCUT2D eigenvalue weighted by molar-refractivity contribution is -0.0187. The van der Waals surface area contributed by atoms with Crippen LogP contribution in [0.1, 0.15) is 18.9 Å². The lowest BCUT2D eigenvalue weighted by Gasteiger charge is -2.32. The predicted molar refractivity (Wildman–Crippen MR) is 100 cm³/mol. The minimum Gasteiger partial charge on any atom is -0.375 e. The van der Waals surface area contributed by atoms with Gasteiger partial charge in [-0.05, 0) is 18.1 Å². The highest BCUT2D eigenvalue weighted by atomic mass is 35.5. The molecule has 8 heteroatoms. The molecule has 1 atom stereocenters. The Balaban J connectivity index is 1.55. The first-order valence-corrected chi connectivity index (χ1v) is 9.89. The highest BCUT2D eigenvalue weighted by Crippen LogP contribution is 2.21. The number of H-pyrrole nitrogens is 1. The second-order valence-corrected chi connectivity index (χ2v) is 7.49. The lowest BCUT2D eigenvalue weighted by atomic mass is 10.2. The number of ether oxygens (including phenoxy) is 1. The zero-order valence-corrected chi connectivity index (χ0v) is 15.9. The normalized spacial score (nSPS) is 18.6. The van der Waals surface area contributed by atoms with Gasteiger partial charge in [0.25, 0.3) is 0 Å². The maximum Gasteiger partial charge on any atom is 0.343 e.